The Kier molecular flexibility index (Phi) is 6.53. The summed E-state index contributed by atoms with van der Waals surface area (Å²) in [6.07, 6.45) is 3.33. The Morgan fingerprint density at radius 2 is 1.50 bits per heavy atom. The van der Waals surface area contributed by atoms with E-state index in [0.29, 0.717) is 5.70 Å². The van der Waals surface area contributed by atoms with Gasteiger partial charge in [-0.25, -0.2) is 8.42 Å². The molecule has 0 atom stereocenters. The fourth-order valence-electron chi connectivity index (χ4n) is 3.28. The molecule has 0 saturated carbocycles. The number of halogens is 1. The zero-order valence-electron chi connectivity index (χ0n) is 17.4. The minimum atomic E-state index is -3.85. The molecule has 160 valence electrons. The fraction of sp³-hybridized carbons (Fsp3) is 0.0385. The van der Waals surface area contributed by atoms with Crippen LogP contribution in [0.25, 0.3) is 21.7 Å². The zero-order valence-corrected chi connectivity index (χ0v) is 19.8. The lowest BCUT2D eigenvalue weighted by Gasteiger charge is -2.18. The predicted molar refractivity (Wildman–Crippen MR) is 131 cm³/mol. The van der Waals surface area contributed by atoms with Crippen molar-refractivity contribution >= 4 is 31.7 Å². The molecule has 1 aromatic heterocycles. The van der Waals surface area contributed by atoms with Crippen molar-refractivity contribution in [3.63, 3.8) is 0 Å². The van der Waals surface area contributed by atoms with Crippen molar-refractivity contribution < 1.29 is 13.0 Å². The van der Waals surface area contributed by atoms with Crippen LogP contribution in [0.4, 0.5) is 0 Å². The maximum Gasteiger partial charge on any atom is 0.218 e. The Labute approximate surface area is 197 Å². The van der Waals surface area contributed by atoms with E-state index in [4.69, 9.17) is 0 Å². The third kappa shape index (κ3) is 4.98. The first-order valence-corrected chi connectivity index (χ1v) is 12.2. The van der Waals surface area contributed by atoms with Gasteiger partial charge in [0.1, 0.15) is 10.0 Å². The predicted octanol–water partition coefficient (Wildman–Crippen LogP) is 6.32. The number of hydrogen-bond acceptors (Lipinski definition) is 2. The van der Waals surface area contributed by atoms with Crippen LogP contribution < -0.4 is 4.57 Å². The Bertz CT molecular complexity index is 1350. The van der Waals surface area contributed by atoms with Crippen LogP contribution in [-0.4, -0.2) is 8.42 Å². The second-order valence-corrected chi connectivity index (χ2v) is 9.78. The molecule has 0 radical (unpaired) electrons. The van der Waals surface area contributed by atoms with Crippen molar-refractivity contribution in [2.24, 2.45) is 0 Å². The highest BCUT2D eigenvalue weighted by Crippen LogP contribution is 2.24. The smallest absolute Gasteiger partial charge is 0.218 e. The van der Waals surface area contributed by atoms with Crippen molar-refractivity contribution in [2.75, 3.05) is 0 Å². The summed E-state index contributed by atoms with van der Waals surface area (Å²) in [5, 5.41) is 0. The molecular formula is C26H21BrN2O2S. The first-order chi connectivity index (χ1) is 15.4. The highest BCUT2D eigenvalue weighted by molar-refractivity contribution is 9.10. The summed E-state index contributed by atoms with van der Waals surface area (Å²) in [6.45, 7) is 1.91. The monoisotopic (exact) mass is 504 g/mol. The van der Waals surface area contributed by atoms with Gasteiger partial charge < -0.3 is 4.72 Å². The van der Waals surface area contributed by atoms with Crippen LogP contribution in [-0.2, 0) is 10.0 Å². The average Bonchev–Trinajstić information content (AvgIpc) is 2.81. The van der Waals surface area contributed by atoms with E-state index < -0.39 is 10.0 Å². The quantitative estimate of drug-likeness (QED) is 0.288. The van der Waals surface area contributed by atoms with Gasteiger partial charge in [0.2, 0.25) is 5.69 Å². The average molecular weight is 505 g/mol. The lowest BCUT2D eigenvalue weighted by Crippen LogP contribution is -2.35. The van der Waals surface area contributed by atoms with Gasteiger partial charge in [-0.2, -0.15) is 4.57 Å². The maximum atomic E-state index is 12.9. The van der Waals surface area contributed by atoms with Crippen molar-refractivity contribution in [1.29, 1.82) is 0 Å². The Hall–Kier alpha value is -3.22. The Morgan fingerprint density at radius 1 is 0.844 bits per heavy atom. The molecule has 0 amide bonds. The number of hydrogen-bond donors (Lipinski definition) is 0. The van der Waals surface area contributed by atoms with Gasteiger partial charge in [0.05, 0.1) is 4.90 Å². The number of pyridine rings is 1. The maximum absolute atomic E-state index is 12.9. The normalized spacial score (nSPS) is 11.9. The fourth-order valence-corrected chi connectivity index (χ4v) is 4.39. The van der Waals surface area contributed by atoms with Gasteiger partial charge in [0.15, 0.2) is 11.9 Å². The molecule has 0 spiro atoms. The second-order valence-electron chi connectivity index (χ2n) is 7.24. The molecule has 0 N–H and O–H groups in total. The van der Waals surface area contributed by atoms with E-state index in [1.165, 1.54) is 6.20 Å². The molecule has 4 aromatic rings. The van der Waals surface area contributed by atoms with E-state index >= 15 is 0 Å². The van der Waals surface area contributed by atoms with Gasteiger partial charge in [-0.05, 0) is 61.5 Å². The number of sulfonamides is 1. The molecule has 0 fully saturated rings. The minimum Gasteiger partial charge on any atom is -0.574 e. The molecule has 4 rings (SSSR count). The zero-order chi connectivity index (χ0) is 22.6. The molecule has 32 heavy (non-hydrogen) atoms. The van der Waals surface area contributed by atoms with E-state index in [1.807, 2.05) is 90.5 Å². The second kappa shape index (κ2) is 9.51. The minimum absolute atomic E-state index is 0.163. The van der Waals surface area contributed by atoms with Gasteiger partial charge in [0.25, 0.3) is 0 Å². The van der Waals surface area contributed by atoms with E-state index in [2.05, 4.69) is 20.7 Å². The summed E-state index contributed by atoms with van der Waals surface area (Å²) in [5.74, 6) is 0. The molecule has 0 aliphatic carbocycles. The van der Waals surface area contributed by atoms with E-state index in [-0.39, 0.29) is 4.90 Å². The van der Waals surface area contributed by atoms with Gasteiger partial charge in [-0.15, -0.1) is 0 Å². The number of rotatable bonds is 6. The third-order valence-corrected chi connectivity index (χ3v) is 6.74. The number of nitrogens with zero attached hydrogens (tertiary/aromatic N) is 2. The molecule has 3 aromatic carbocycles. The molecule has 4 nitrogen and oxygen atoms in total. The molecule has 0 aliphatic heterocycles. The molecule has 1 heterocycles. The standard InChI is InChI=1S/C26H21BrN2O2S/c1-20-10-16-24(17-11-20)32(30,31)28-19-26(22-12-14-23(27)15-13-22)29-18-6-5-9-25(29)21-7-3-2-4-8-21/h2-19H,1H3/b26-19-. The molecule has 0 bridgehead atoms. The third-order valence-electron chi connectivity index (χ3n) is 4.96. The Morgan fingerprint density at radius 3 is 2.19 bits per heavy atom. The van der Waals surface area contributed by atoms with Crippen molar-refractivity contribution in [2.45, 2.75) is 11.8 Å². The van der Waals surface area contributed by atoms with Crippen molar-refractivity contribution in [3.8, 4) is 11.3 Å². The van der Waals surface area contributed by atoms with Crippen LogP contribution in [0.5, 0.6) is 0 Å². The molecule has 0 unspecified atom stereocenters. The lowest BCUT2D eigenvalue weighted by molar-refractivity contribution is -0.567. The van der Waals surface area contributed by atoms with Crippen LogP contribution in [0.3, 0.4) is 0 Å². The summed E-state index contributed by atoms with van der Waals surface area (Å²) in [5.41, 5.74) is 4.40. The van der Waals surface area contributed by atoms with Gasteiger partial charge in [0, 0.05) is 27.7 Å². The molecule has 6 heteroatoms. The first kappa shape index (κ1) is 22.0. The SMILES string of the molecule is Cc1ccc(S(=O)(=O)[N-]/C=C(/c2ccc(Br)cc2)[n+]2ccccc2-c2ccccc2)cc1. The van der Waals surface area contributed by atoms with Gasteiger partial charge in [-0.3, -0.25) is 0 Å². The van der Waals surface area contributed by atoms with Gasteiger partial charge in [-0.1, -0.05) is 58.0 Å². The van der Waals surface area contributed by atoms with Crippen LogP contribution in [0, 0.1) is 6.92 Å². The topological polar surface area (TPSA) is 52.1 Å². The van der Waals surface area contributed by atoms with Crippen LogP contribution in [0.15, 0.2) is 119 Å². The summed E-state index contributed by atoms with van der Waals surface area (Å²) >= 11 is 3.46. The van der Waals surface area contributed by atoms with Crippen molar-refractivity contribution in [1.82, 2.24) is 0 Å². The van der Waals surface area contributed by atoms with Crippen LogP contribution in [0.2, 0.25) is 0 Å². The Balaban J connectivity index is 1.83. The van der Waals surface area contributed by atoms with Gasteiger partial charge >= 0.3 is 0 Å². The summed E-state index contributed by atoms with van der Waals surface area (Å²) in [7, 11) is -3.85. The van der Waals surface area contributed by atoms with Crippen LogP contribution >= 0.6 is 15.9 Å². The molecule has 0 aliphatic rings. The summed E-state index contributed by atoms with van der Waals surface area (Å²) in [6, 6.07) is 30.2. The van der Waals surface area contributed by atoms with E-state index in [9.17, 15) is 8.42 Å². The lowest BCUT2D eigenvalue weighted by atomic mass is 10.1. The number of aromatic nitrogens is 1. The highest BCUT2D eigenvalue weighted by Gasteiger charge is 2.18. The highest BCUT2D eigenvalue weighted by atomic mass is 79.9. The number of benzene rings is 3. The number of aryl methyl sites for hydroxylation is 1. The summed E-state index contributed by atoms with van der Waals surface area (Å²) < 4.78 is 32.7. The van der Waals surface area contributed by atoms with E-state index in [1.54, 1.807) is 24.3 Å². The van der Waals surface area contributed by atoms with Crippen LogP contribution in [0.1, 0.15) is 11.1 Å². The largest absolute Gasteiger partial charge is 0.574 e. The van der Waals surface area contributed by atoms with Crippen molar-refractivity contribution in [3.05, 3.63) is 130 Å². The molecular weight excluding hydrogens is 484 g/mol. The van der Waals surface area contributed by atoms with E-state index in [0.717, 1.165) is 26.9 Å². The molecule has 0 saturated heterocycles. The summed E-state index contributed by atoms with van der Waals surface area (Å²) in [4.78, 5) is 0.163. The first-order valence-electron chi connectivity index (χ1n) is 10.0.